The van der Waals surface area contributed by atoms with Gasteiger partial charge in [0.2, 0.25) is 0 Å². The molecule has 2 atom stereocenters. The second-order valence-corrected chi connectivity index (χ2v) is 3.42. The molecule has 11 heavy (non-hydrogen) atoms. The van der Waals surface area contributed by atoms with Crippen molar-refractivity contribution in [3.05, 3.63) is 12.2 Å². The minimum atomic E-state index is -0.161. The molecule has 1 saturated heterocycles. The molecular weight excluding hydrogens is 140 g/mol. The normalized spacial score (nSPS) is 36.7. The van der Waals surface area contributed by atoms with E-state index in [9.17, 15) is 4.79 Å². The van der Waals surface area contributed by atoms with Gasteiger partial charge in [-0.15, -0.1) is 0 Å². The smallest absolute Gasteiger partial charge is 0.333 e. The minimum Gasteiger partial charge on any atom is -0.459 e. The van der Waals surface area contributed by atoms with E-state index < -0.39 is 0 Å². The Labute approximate surface area is 66.2 Å². The lowest BCUT2D eigenvalue weighted by Gasteiger charge is -2.34. The number of esters is 1. The van der Waals surface area contributed by atoms with Crippen molar-refractivity contribution in [2.24, 2.45) is 5.92 Å². The van der Waals surface area contributed by atoms with Crippen molar-refractivity contribution in [3.8, 4) is 0 Å². The van der Waals surface area contributed by atoms with E-state index in [4.69, 9.17) is 4.74 Å². The summed E-state index contributed by atoms with van der Waals surface area (Å²) in [5.41, 5.74) is 0.695. The number of fused-ring (bicyclic) bond motifs is 2. The summed E-state index contributed by atoms with van der Waals surface area (Å²) in [7, 11) is 0. The van der Waals surface area contributed by atoms with E-state index >= 15 is 0 Å². The standard InChI is InChI=1S/C9H12O2/c1-6-7-3-2-4-8(5-7)11-9(6)10/h7-8H,1-5H2. The summed E-state index contributed by atoms with van der Waals surface area (Å²) in [6, 6.07) is 0. The van der Waals surface area contributed by atoms with Gasteiger partial charge in [0.25, 0.3) is 0 Å². The van der Waals surface area contributed by atoms with Crippen molar-refractivity contribution < 1.29 is 9.53 Å². The predicted molar refractivity (Wildman–Crippen MR) is 41.0 cm³/mol. The Morgan fingerprint density at radius 2 is 2.27 bits per heavy atom. The first-order valence-corrected chi connectivity index (χ1v) is 4.17. The summed E-state index contributed by atoms with van der Waals surface area (Å²) >= 11 is 0. The molecule has 2 unspecified atom stereocenters. The highest BCUT2D eigenvalue weighted by molar-refractivity contribution is 5.89. The summed E-state index contributed by atoms with van der Waals surface area (Å²) in [5, 5.41) is 0. The molecule has 1 aliphatic carbocycles. The molecule has 1 saturated carbocycles. The van der Waals surface area contributed by atoms with E-state index in [1.54, 1.807) is 0 Å². The van der Waals surface area contributed by atoms with E-state index in [0.29, 0.717) is 11.5 Å². The highest BCUT2D eigenvalue weighted by Gasteiger charge is 2.34. The molecule has 1 aliphatic heterocycles. The van der Waals surface area contributed by atoms with Crippen LogP contribution in [-0.2, 0) is 9.53 Å². The zero-order valence-corrected chi connectivity index (χ0v) is 6.51. The third-order valence-electron chi connectivity index (χ3n) is 2.65. The van der Waals surface area contributed by atoms with Crippen LogP contribution < -0.4 is 0 Å². The first-order valence-electron chi connectivity index (χ1n) is 4.17. The topological polar surface area (TPSA) is 26.3 Å². The molecular formula is C9H12O2. The largest absolute Gasteiger partial charge is 0.459 e. The lowest BCUT2D eigenvalue weighted by atomic mass is 9.81. The molecule has 1 heterocycles. The van der Waals surface area contributed by atoms with Gasteiger partial charge in [0.1, 0.15) is 6.10 Å². The molecule has 60 valence electrons. The van der Waals surface area contributed by atoms with Crippen molar-refractivity contribution in [3.63, 3.8) is 0 Å². The molecule has 0 spiro atoms. The maximum atomic E-state index is 11.1. The van der Waals surface area contributed by atoms with E-state index in [-0.39, 0.29) is 12.1 Å². The van der Waals surface area contributed by atoms with Crippen molar-refractivity contribution in [2.45, 2.75) is 31.8 Å². The van der Waals surface area contributed by atoms with Crippen LogP contribution in [0.5, 0.6) is 0 Å². The Balaban J connectivity index is 2.17. The molecule has 0 aromatic carbocycles. The number of rotatable bonds is 0. The molecule has 2 nitrogen and oxygen atoms in total. The number of carbonyl (C=O) groups is 1. The molecule has 2 bridgehead atoms. The maximum absolute atomic E-state index is 11.1. The number of carbonyl (C=O) groups excluding carboxylic acids is 1. The first kappa shape index (κ1) is 6.89. The third-order valence-corrected chi connectivity index (χ3v) is 2.65. The minimum absolute atomic E-state index is 0.161. The van der Waals surface area contributed by atoms with Gasteiger partial charge in [-0.2, -0.15) is 0 Å². The van der Waals surface area contributed by atoms with Crippen LogP contribution in [-0.4, -0.2) is 12.1 Å². The second-order valence-electron chi connectivity index (χ2n) is 3.42. The first-order chi connectivity index (χ1) is 5.27. The second kappa shape index (κ2) is 2.36. The Morgan fingerprint density at radius 3 is 3.09 bits per heavy atom. The molecule has 2 heteroatoms. The monoisotopic (exact) mass is 152 g/mol. The van der Waals surface area contributed by atoms with Gasteiger partial charge in [-0.05, 0) is 31.6 Å². The SMILES string of the molecule is C=C1C(=O)OC2CCCC1C2. The van der Waals surface area contributed by atoms with Crippen LogP contribution in [0.4, 0.5) is 0 Å². The van der Waals surface area contributed by atoms with Crippen LogP contribution in [0.2, 0.25) is 0 Å². The fourth-order valence-corrected chi connectivity index (χ4v) is 1.96. The Kier molecular flexibility index (Phi) is 1.48. The summed E-state index contributed by atoms with van der Waals surface area (Å²) in [4.78, 5) is 11.1. The average Bonchev–Trinajstić information content (AvgIpc) is 2.01. The fourth-order valence-electron chi connectivity index (χ4n) is 1.96. The third kappa shape index (κ3) is 1.06. The van der Waals surface area contributed by atoms with Crippen LogP contribution in [0, 0.1) is 5.92 Å². The van der Waals surface area contributed by atoms with Gasteiger partial charge in [-0.3, -0.25) is 0 Å². The zero-order chi connectivity index (χ0) is 7.84. The van der Waals surface area contributed by atoms with E-state index in [0.717, 1.165) is 19.3 Å². The Morgan fingerprint density at radius 1 is 1.45 bits per heavy atom. The van der Waals surface area contributed by atoms with Gasteiger partial charge < -0.3 is 4.74 Å². The van der Waals surface area contributed by atoms with Gasteiger partial charge in [0.05, 0.1) is 0 Å². The molecule has 0 radical (unpaired) electrons. The highest BCUT2D eigenvalue weighted by atomic mass is 16.5. The lowest BCUT2D eigenvalue weighted by Crippen LogP contribution is -2.34. The average molecular weight is 152 g/mol. The fraction of sp³-hybridized carbons (Fsp3) is 0.667. The molecule has 0 aromatic rings. The van der Waals surface area contributed by atoms with Crippen molar-refractivity contribution in [1.29, 1.82) is 0 Å². The van der Waals surface area contributed by atoms with Crippen molar-refractivity contribution in [1.82, 2.24) is 0 Å². The lowest BCUT2D eigenvalue weighted by molar-refractivity contribution is -0.151. The molecule has 2 rings (SSSR count). The predicted octanol–water partition coefficient (Wildman–Crippen LogP) is 1.66. The van der Waals surface area contributed by atoms with Crippen LogP contribution in [0.1, 0.15) is 25.7 Å². The van der Waals surface area contributed by atoms with E-state index in [1.165, 1.54) is 6.42 Å². The number of ether oxygens (including phenoxy) is 1. The van der Waals surface area contributed by atoms with Crippen LogP contribution in [0.3, 0.4) is 0 Å². The van der Waals surface area contributed by atoms with E-state index in [2.05, 4.69) is 6.58 Å². The molecule has 2 fully saturated rings. The zero-order valence-electron chi connectivity index (χ0n) is 6.51. The highest BCUT2D eigenvalue weighted by Crippen LogP contribution is 2.35. The molecule has 0 amide bonds. The van der Waals surface area contributed by atoms with Crippen molar-refractivity contribution >= 4 is 5.97 Å². The summed E-state index contributed by atoms with van der Waals surface area (Å²) < 4.78 is 5.13. The molecule has 0 N–H and O–H groups in total. The van der Waals surface area contributed by atoms with Crippen LogP contribution in [0.15, 0.2) is 12.2 Å². The van der Waals surface area contributed by atoms with Crippen LogP contribution >= 0.6 is 0 Å². The Bertz CT molecular complexity index is 208. The summed E-state index contributed by atoms with van der Waals surface area (Å²) in [6.07, 6.45) is 4.58. The maximum Gasteiger partial charge on any atom is 0.333 e. The number of hydrogen-bond donors (Lipinski definition) is 0. The van der Waals surface area contributed by atoms with Gasteiger partial charge in [-0.1, -0.05) is 6.58 Å². The number of hydrogen-bond acceptors (Lipinski definition) is 2. The molecule has 0 aromatic heterocycles. The van der Waals surface area contributed by atoms with Crippen molar-refractivity contribution in [2.75, 3.05) is 0 Å². The van der Waals surface area contributed by atoms with E-state index in [1.807, 2.05) is 0 Å². The van der Waals surface area contributed by atoms with Gasteiger partial charge in [0, 0.05) is 5.57 Å². The van der Waals surface area contributed by atoms with Crippen LogP contribution in [0.25, 0.3) is 0 Å². The summed E-state index contributed by atoms with van der Waals surface area (Å²) in [6.45, 7) is 3.74. The Hall–Kier alpha value is -0.790. The molecule has 2 aliphatic rings. The quantitative estimate of drug-likeness (QED) is 0.390. The van der Waals surface area contributed by atoms with Gasteiger partial charge in [0.15, 0.2) is 0 Å². The summed E-state index contributed by atoms with van der Waals surface area (Å²) in [5.74, 6) is 0.265. The van der Waals surface area contributed by atoms with Gasteiger partial charge in [-0.25, -0.2) is 4.79 Å². The van der Waals surface area contributed by atoms with Gasteiger partial charge >= 0.3 is 5.97 Å².